The molecule has 0 saturated heterocycles. The Kier molecular flexibility index (Phi) is 3.78. The van der Waals surface area contributed by atoms with Crippen molar-refractivity contribution >= 4 is 5.78 Å². The van der Waals surface area contributed by atoms with Gasteiger partial charge in [-0.05, 0) is 48.9 Å². The molecular weight excluding hydrogens is 260 g/mol. The van der Waals surface area contributed by atoms with Gasteiger partial charge in [0.2, 0.25) is 0 Å². The lowest BCUT2D eigenvalue weighted by Crippen LogP contribution is -2.22. The molecule has 0 saturated carbocycles. The van der Waals surface area contributed by atoms with Gasteiger partial charge in [-0.15, -0.1) is 0 Å². The number of rotatable bonds is 3. The van der Waals surface area contributed by atoms with E-state index in [0.29, 0.717) is 0 Å². The third-order valence-electron chi connectivity index (χ3n) is 4.41. The van der Waals surface area contributed by atoms with Crippen LogP contribution in [0.3, 0.4) is 0 Å². The molecule has 0 radical (unpaired) electrons. The summed E-state index contributed by atoms with van der Waals surface area (Å²) in [4.78, 5) is 12.7. The van der Waals surface area contributed by atoms with Crippen LogP contribution in [0.1, 0.15) is 33.5 Å². The highest BCUT2D eigenvalue weighted by Crippen LogP contribution is 2.29. The van der Waals surface area contributed by atoms with Crippen LogP contribution in [0.25, 0.3) is 0 Å². The zero-order chi connectivity index (χ0) is 14.8. The van der Waals surface area contributed by atoms with Gasteiger partial charge in [-0.1, -0.05) is 36.4 Å². The smallest absolute Gasteiger partial charge is 0.166 e. The molecule has 0 aromatic heterocycles. The van der Waals surface area contributed by atoms with E-state index in [-0.39, 0.29) is 11.7 Å². The zero-order valence-electron chi connectivity index (χ0n) is 12.6. The van der Waals surface area contributed by atoms with Gasteiger partial charge in [-0.3, -0.25) is 4.79 Å². The molecule has 2 aromatic carbocycles. The van der Waals surface area contributed by atoms with Crippen LogP contribution < -0.4 is 4.74 Å². The predicted molar refractivity (Wildman–Crippen MR) is 84.0 cm³/mol. The lowest BCUT2D eigenvalue weighted by Gasteiger charge is -2.23. The minimum absolute atomic E-state index is 0.0901. The Morgan fingerprint density at radius 3 is 2.67 bits per heavy atom. The molecule has 0 bridgehead atoms. The van der Waals surface area contributed by atoms with Gasteiger partial charge in [-0.25, -0.2) is 0 Å². The fraction of sp³-hybridized carbons (Fsp3) is 0.316. The number of carbonyl (C=O) groups excluding carboxylic acids is 1. The molecule has 0 aliphatic heterocycles. The first kappa shape index (κ1) is 13.9. The van der Waals surface area contributed by atoms with Crippen LogP contribution in [-0.2, 0) is 12.8 Å². The molecule has 0 spiro atoms. The van der Waals surface area contributed by atoms with E-state index in [1.165, 1.54) is 11.1 Å². The molecule has 3 rings (SSSR count). The number of hydrogen-bond acceptors (Lipinski definition) is 2. The van der Waals surface area contributed by atoms with Crippen molar-refractivity contribution in [1.29, 1.82) is 0 Å². The molecule has 1 unspecified atom stereocenters. The van der Waals surface area contributed by atoms with Gasteiger partial charge in [0.25, 0.3) is 0 Å². The van der Waals surface area contributed by atoms with E-state index in [1.807, 2.05) is 25.1 Å². The Hall–Kier alpha value is -2.09. The topological polar surface area (TPSA) is 26.3 Å². The Morgan fingerprint density at radius 2 is 1.90 bits per heavy atom. The number of Topliss-reactive ketones (excluding diaryl/α,β-unsaturated/α-hetero) is 1. The van der Waals surface area contributed by atoms with Crippen LogP contribution >= 0.6 is 0 Å². The van der Waals surface area contributed by atoms with Crippen molar-refractivity contribution in [3.05, 3.63) is 64.7 Å². The van der Waals surface area contributed by atoms with Crippen molar-refractivity contribution in [3.63, 3.8) is 0 Å². The molecule has 2 heteroatoms. The maximum absolute atomic E-state index is 12.7. The summed E-state index contributed by atoms with van der Waals surface area (Å²) < 4.78 is 5.33. The van der Waals surface area contributed by atoms with E-state index < -0.39 is 0 Å². The summed E-state index contributed by atoms with van der Waals surface area (Å²) >= 11 is 0. The normalized spacial score (nSPS) is 17.1. The van der Waals surface area contributed by atoms with Crippen LogP contribution in [0.15, 0.2) is 42.5 Å². The molecule has 108 valence electrons. The van der Waals surface area contributed by atoms with E-state index in [9.17, 15) is 4.79 Å². The zero-order valence-corrected chi connectivity index (χ0v) is 12.6. The molecule has 2 aromatic rings. The first-order valence-electron chi connectivity index (χ1n) is 7.44. The quantitative estimate of drug-likeness (QED) is 0.795. The van der Waals surface area contributed by atoms with Crippen LogP contribution in [0.5, 0.6) is 5.75 Å². The van der Waals surface area contributed by atoms with E-state index in [2.05, 4.69) is 24.3 Å². The average molecular weight is 280 g/mol. The number of fused-ring (bicyclic) bond motifs is 1. The molecular formula is C19H20O2. The van der Waals surface area contributed by atoms with Crippen LogP contribution in [0.4, 0.5) is 0 Å². The molecule has 2 nitrogen and oxygen atoms in total. The Morgan fingerprint density at radius 1 is 1.14 bits per heavy atom. The molecule has 1 atom stereocenters. The number of benzene rings is 2. The van der Waals surface area contributed by atoms with Crippen molar-refractivity contribution in [2.24, 2.45) is 5.92 Å². The van der Waals surface area contributed by atoms with Crippen molar-refractivity contribution in [2.75, 3.05) is 7.11 Å². The van der Waals surface area contributed by atoms with Gasteiger partial charge < -0.3 is 4.74 Å². The lowest BCUT2D eigenvalue weighted by atomic mass is 9.80. The summed E-state index contributed by atoms with van der Waals surface area (Å²) in [6.07, 6.45) is 2.78. The van der Waals surface area contributed by atoms with Crippen molar-refractivity contribution in [1.82, 2.24) is 0 Å². The predicted octanol–water partition coefficient (Wildman–Crippen LogP) is 3.99. The first-order chi connectivity index (χ1) is 10.2. The Bertz CT molecular complexity index is 673. The van der Waals surface area contributed by atoms with Gasteiger partial charge >= 0.3 is 0 Å². The highest BCUT2D eigenvalue weighted by molar-refractivity contribution is 5.98. The molecule has 21 heavy (non-hydrogen) atoms. The number of methoxy groups -OCH3 is 1. The second-order valence-electron chi connectivity index (χ2n) is 5.76. The Balaban J connectivity index is 1.84. The highest BCUT2D eigenvalue weighted by atomic mass is 16.5. The first-order valence-corrected chi connectivity index (χ1v) is 7.44. The summed E-state index contributed by atoms with van der Waals surface area (Å²) in [5.74, 6) is 1.12. The van der Waals surface area contributed by atoms with Gasteiger partial charge in [0, 0.05) is 11.5 Å². The van der Waals surface area contributed by atoms with Gasteiger partial charge in [-0.2, -0.15) is 0 Å². The fourth-order valence-electron chi connectivity index (χ4n) is 3.13. The van der Waals surface area contributed by atoms with Crippen LogP contribution in [0.2, 0.25) is 0 Å². The van der Waals surface area contributed by atoms with Crippen LogP contribution in [-0.4, -0.2) is 12.9 Å². The highest BCUT2D eigenvalue weighted by Gasteiger charge is 2.25. The fourth-order valence-corrected chi connectivity index (χ4v) is 3.13. The third-order valence-corrected chi connectivity index (χ3v) is 4.41. The standard InChI is InChI=1S/C19H20O2/c1-13-7-8-17(12-18(13)21-2)19(20)16-10-9-14-5-3-4-6-15(14)11-16/h3-8,12,16H,9-11H2,1-2H3. The van der Waals surface area contributed by atoms with Crippen molar-refractivity contribution in [3.8, 4) is 5.75 Å². The van der Waals surface area contributed by atoms with Crippen molar-refractivity contribution in [2.45, 2.75) is 26.2 Å². The lowest BCUT2D eigenvalue weighted by molar-refractivity contribution is 0.0908. The maximum atomic E-state index is 12.7. The van der Waals surface area contributed by atoms with Crippen molar-refractivity contribution < 1.29 is 9.53 Å². The monoisotopic (exact) mass is 280 g/mol. The number of ether oxygens (including phenoxy) is 1. The minimum atomic E-state index is 0.0901. The second-order valence-corrected chi connectivity index (χ2v) is 5.76. The molecule has 0 fully saturated rings. The average Bonchev–Trinajstić information content (AvgIpc) is 2.54. The number of ketones is 1. The largest absolute Gasteiger partial charge is 0.496 e. The van der Waals surface area contributed by atoms with E-state index in [1.54, 1.807) is 7.11 Å². The van der Waals surface area contributed by atoms with Gasteiger partial charge in [0.05, 0.1) is 7.11 Å². The molecule has 0 heterocycles. The molecule has 0 amide bonds. The van der Waals surface area contributed by atoms with Crippen LogP contribution in [0, 0.1) is 12.8 Å². The third kappa shape index (κ3) is 2.71. The number of aryl methyl sites for hydroxylation is 2. The number of hydrogen-bond donors (Lipinski definition) is 0. The molecule has 1 aliphatic carbocycles. The van der Waals surface area contributed by atoms with E-state index in [0.717, 1.165) is 36.1 Å². The van der Waals surface area contributed by atoms with Gasteiger partial charge in [0.15, 0.2) is 5.78 Å². The summed E-state index contributed by atoms with van der Waals surface area (Å²) in [7, 11) is 1.65. The molecule has 1 aliphatic rings. The van der Waals surface area contributed by atoms with E-state index >= 15 is 0 Å². The van der Waals surface area contributed by atoms with Gasteiger partial charge in [0.1, 0.15) is 5.75 Å². The molecule has 0 N–H and O–H groups in total. The SMILES string of the molecule is COc1cc(C(=O)C2CCc3ccccc3C2)ccc1C. The second kappa shape index (κ2) is 5.72. The number of carbonyl (C=O) groups is 1. The minimum Gasteiger partial charge on any atom is -0.496 e. The summed E-state index contributed by atoms with van der Waals surface area (Å²) in [6, 6.07) is 14.2. The van der Waals surface area contributed by atoms with E-state index in [4.69, 9.17) is 4.74 Å². The summed E-state index contributed by atoms with van der Waals surface area (Å²) in [6.45, 7) is 1.99. The maximum Gasteiger partial charge on any atom is 0.166 e. The summed E-state index contributed by atoms with van der Waals surface area (Å²) in [5, 5.41) is 0. The summed E-state index contributed by atoms with van der Waals surface area (Å²) in [5.41, 5.74) is 4.54. The Labute approximate surface area is 125 Å².